The van der Waals surface area contributed by atoms with Crippen LogP contribution in [0.25, 0.3) is 0 Å². The summed E-state index contributed by atoms with van der Waals surface area (Å²) in [5.74, 6) is -2.51. The number of hydrogen-bond acceptors (Lipinski definition) is 5. The van der Waals surface area contributed by atoms with Crippen molar-refractivity contribution in [3.05, 3.63) is 39.0 Å². The largest absolute Gasteiger partial charge is 0.478 e. The van der Waals surface area contributed by atoms with E-state index in [0.29, 0.717) is 4.47 Å². The van der Waals surface area contributed by atoms with Crippen LogP contribution in [-0.4, -0.2) is 46.0 Å². The number of nitrogens with zero attached hydrogens (tertiary/aromatic N) is 1. The highest BCUT2D eigenvalue weighted by atomic mass is 79.9. The van der Waals surface area contributed by atoms with E-state index >= 15 is 0 Å². The maximum absolute atomic E-state index is 12.0. The summed E-state index contributed by atoms with van der Waals surface area (Å²) in [4.78, 5) is 35.8. The van der Waals surface area contributed by atoms with Gasteiger partial charge in [0, 0.05) is 10.5 Å². The Bertz CT molecular complexity index is 704. The molecule has 3 N–H and O–H groups in total. The Labute approximate surface area is 138 Å². The van der Waals surface area contributed by atoms with Gasteiger partial charge in [-0.2, -0.15) is 0 Å². The van der Waals surface area contributed by atoms with Crippen LogP contribution < -0.4 is 5.32 Å². The molecular weight excluding hydrogens is 380 g/mol. The number of β-amino-alcohol motifs (C(OH)–C–C–N with tert-alkyl or cyclic N) is 1. The lowest BCUT2D eigenvalue weighted by Gasteiger charge is -2.15. The first-order valence-electron chi connectivity index (χ1n) is 6.03. The van der Waals surface area contributed by atoms with Crippen LogP contribution in [0.1, 0.15) is 10.4 Å². The molecule has 1 aliphatic rings. The molecule has 1 aromatic carbocycles. The molecule has 1 aromatic rings. The maximum atomic E-state index is 12.0. The Morgan fingerprint density at radius 1 is 1.36 bits per heavy atom. The molecule has 1 aliphatic heterocycles. The van der Waals surface area contributed by atoms with Gasteiger partial charge in [-0.15, -0.1) is 0 Å². The topological polar surface area (TPSA) is 107 Å². The molecule has 9 heteroatoms. The first-order valence-corrected chi connectivity index (χ1v) is 7.20. The van der Waals surface area contributed by atoms with E-state index in [1.807, 2.05) is 0 Å². The van der Waals surface area contributed by atoms with Gasteiger partial charge in [0.25, 0.3) is 11.8 Å². The van der Waals surface area contributed by atoms with Crippen LogP contribution in [0.2, 0.25) is 5.02 Å². The van der Waals surface area contributed by atoms with Crippen LogP contribution in [0.5, 0.6) is 0 Å². The number of carboxylic acids is 1. The number of anilines is 1. The van der Waals surface area contributed by atoms with Crippen molar-refractivity contribution in [1.29, 1.82) is 0 Å². The number of rotatable bonds is 5. The van der Waals surface area contributed by atoms with E-state index in [1.54, 1.807) is 0 Å². The fourth-order valence-electron chi connectivity index (χ4n) is 1.92. The summed E-state index contributed by atoms with van der Waals surface area (Å²) in [6.07, 6.45) is 1.04. The number of carbonyl (C=O) groups is 3. The quantitative estimate of drug-likeness (QED) is 0.658. The number of halogens is 2. The van der Waals surface area contributed by atoms with E-state index in [9.17, 15) is 19.5 Å². The minimum absolute atomic E-state index is 0.0258. The van der Waals surface area contributed by atoms with Gasteiger partial charge in [0.15, 0.2) is 0 Å². The standard InChI is InChI=1S/C13H10BrClN2O5/c14-6-1-2-7(10(11(6)15)13(21)22)16-8-5-9(19)17(3-4-18)12(8)20/h1-2,5,16,18H,3-4H2,(H,21,22). The van der Waals surface area contributed by atoms with Crippen molar-refractivity contribution in [3.8, 4) is 0 Å². The molecule has 7 nitrogen and oxygen atoms in total. The molecule has 22 heavy (non-hydrogen) atoms. The molecule has 1 heterocycles. The fourth-order valence-corrected chi connectivity index (χ4v) is 2.49. The van der Waals surface area contributed by atoms with E-state index in [0.717, 1.165) is 11.0 Å². The molecule has 0 spiro atoms. The number of hydrogen-bond donors (Lipinski definition) is 3. The first-order chi connectivity index (χ1) is 10.4. The third-order valence-corrected chi connectivity index (χ3v) is 4.19. The average molecular weight is 390 g/mol. The molecule has 0 aliphatic carbocycles. The van der Waals surface area contributed by atoms with Gasteiger partial charge < -0.3 is 15.5 Å². The number of aliphatic hydroxyl groups excluding tert-OH is 1. The van der Waals surface area contributed by atoms with E-state index in [1.165, 1.54) is 12.1 Å². The van der Waals surface area contributed by atoms with Gasteiger partial charge in [0.1, 0.15) is 11.3 Å². The van der Waals surface area contributed by atoms with E-state index < -0.39 is 17.8 Å². The van der Waals surface area contributed by atoms with Crippen LogP contribution in [0, 0.1) is 0 Å². The van der Waals surface area contributed by atoms with Gasteiger partial charge in [-0.1, -0.05) is 11.6 Å². The fraction of sp³-hybridized carbons (Fsp3) is 0.154. The number of aliphatic hydroxyl groups is 1. The SMILES string of the molecule is O=C(O)c1c(NC2=CC(=O)N(CCO)C2=O)ccc(Br)c1Cl. The Morgan fingerprint density at radius 2 is 2.05 bits per heavy atom. The summed E-state index contributed by atoms with van der Waals surface area (Å²) < 4.78 is 0.391. The van der Waals surface area contributed by atoms with Crippen LogP contribution in [-0.2, 0) is 9.59 Å². The number of aromatic carboxylic acids is 1. The number of imide groups is 1. The maximum Gasteiger partial charge on any atom is 0.339 e. The number of carbonyl (C=O) groups excluding carboxylic acids is 2. The summed E-state index contributed by atoms with van der Waals surface area (Å²) in [6.45, 7) is -0.491. The molecule has 0 atom stereocenters. The van der Waals surface area contributed by atoms with Gasteiger partial charge in [-0.05, 0) is 28.1 Å². The Hall–Kier alpha value is -1.90. The Morgan fingerprint density at radius 3 is 2.64 bits per heavy atom. The predicted molar refractivity (Wildman–Crippen MR) is 81.6 cm³/mol. The van der Waals surface area contributed by atoms with Gasteiger partial charge in [0.05, 0.1) is 23.9 Å². The minimum atomic E-state index is -1.28. The van der Waals surface area contributed by atoms with Crippen molar-refractivity contribution in [2.45, 2.75) is 0 Å². The molecule has 0 fully saturated rings. The third-order valence-electron chi connectivity index (χ3n) is 2.91. The molecule has 0 bridgehead atoms. The van der Waals surface area contributed by atoms with Crippen molar-refractivity contribution in [3.63, 3.8) is 0 Å². The molecule has 0 radical (unpaired) electrons. The summed E-state index contributed by atoms with van der Waals surface area (Å²) in [7, 11) is 0. The van der Waals surface area contributed by atoms with Crippen molar-refractivity contribution < 1.29 is 24.6 Å². The highest BCUT2D eigenvalue weighted by molar-refractivity contribution is 9.10. The third kappa shape index (κ3) is 2.99. The number of carboxylic acid groups (broad SMARTS) is 1. The van der Waals surface area contributed by atoms with E-state index in [2.05, 4.69) is 21.2 Å². The predicted octanol–water partition coefficient (Wildman–Crippen LogP) is 1.46. The number of amides is 2. The second-order valence-electron chi connectivity index (χ2n) is 4.29. The lowest BCUT2D eigenvalue weighted by atomic mass is 10.1. The summed E-state index contributed by atoms with van der Waals surface area (Å²) in [5, 5.41) is 20.7. The highest BCUT2D eigenvalue weighted by Crippen LogP contribution is 2.33. The molecular formula is C13H10BrClN2O5. The number of nitrogens with one attached hydrogen (secondary N) is 1. The zero-order valence-electron chi connectivity index (χ0n) is 11.0. The molecule has 116 valence electrons. The van der Waals surface area contributed by atoms with Gasteiger partial charge >= 0.3 is 5.97 Å². The zero-order valence-corrected chi connectivity index (χ0v) is 13.3. The van der Waals surface area contributed by atoms with E-state index in [-0.39, 0.29) is 35.1 Å². The van der Waals surface area contributed by atoms with Crippen LogP contribution in [0.15, 0.2) is 28.4 Å². The second-order valence-corrected chi connectivity index (χ2v) is 5.52. The van der Waals surface area contributed by atoms with Gasteiger partial charge in [-0.3, -0.25) is 14.5 Å². The first kappa shape index (κ1) is 16.5. The second kappa shape index (κ2) is 6.47. The van der Waals surface area contributed by atoms with Crippen molar-refractivity contribution in [2.75, 3.05) is 18.5 Å². The monoisotopic (exact) mass is 388 g/mol. The zero-order chi connectivity index (χ0) is 16.4. The molecule has 0 aromatic heterocycles. The molecule has 0 unspecified atom stereocenters. The smallest absolute Gasteiger partial charge is 0.339 e. The molecule has 2 amide bonds. The highest BCUT2D eigenvalue weighted by Gasteiger charge is 2.31. The van der Waals surface area contributed by atoms with Crippen LogP contribution >= 0.6 is 27.5 Å². The molecule has 2 rings (SSSR count). The minimum Gasteiger partial charge on any atom is -0.478 e. The normalized spacial score (nSPS) is 14.3. The van der Waals surface area contributed by atoms with Crippen LogP contribution in [0.3, 0.4) is 0 Å². The van der Waals surface area contributed by atoms with Gasteiger partial charge in [0.2, 0.25) is 0 Å². The number of benzene rings is 1. The van der Waals surface area contributed by atoms with Crippen molar-refractivity contribution >= 4 is 51.0 Å². The van der Waals surface area contributed by atoms with E-state index in [4.69, 9.17) is 16.7 Å². The average Bonchev–Trinajstić information content (AvgIpc) is 2.71. The van der Waals surface area contributed by atoms with Crippen LogP contribution in [0.4, 0.5) is 5.69 Å². The Kier molecular flexibility index (Phi) is 4.84. The van der Waals surface area contributed by atoms with Crippen molar-refractivity contribution in [2.24, 2.45) is 0 Å². The summed E-state index contributed by atoms with van der Waals surface area (Å²) in [6, 6.07) is 2.94. The molecule has 0 saturated heterocycles. The van der Waals surface area contributed by atoms with Gasteiger partial charge in [-0.25, -0.2) is 4.79 Å². The Balaban J connectivity index is 2.35. The summed E-state index contributed by atoms with van der Waals surface area (Å²) in [5.41, 5.74) is -0.226. The lowest BCUT2D eigenvalue weighted by Crippen LogP contribution is -2.34. The summed E-state index contributed by atoms with van der Waals surface area (Å²) >= 11 is 9.06. The van der Waals surface area contributed by atoms with Crippen molar-refractivity contribution in [1.82, 2.24) is 4.90 Å². The lowest BCUT2D eigenvalue weighted by molar-refractivity contribution is -0.137. The molecule has 0 saturated carbocycles.